The van der Waals surface area contributed by atoms with Crippen LogP contribution in [0.2, 0.25) is 0 Å². The number of carboxylic acids is 1. The summed E-state index contributed by atoms with van der Waals surface area (Å²) in [4.78, 5) is 25.0. The van der Waals surface area contributed by atoms with E-state index in [1.165, 1.54) is 9.58 Å². The van der Waals surface area contributed by atoms with Crippen LogP contribution in [-0.4, -0.2) is 44.3 Å². The predicted octanol–water partition coefficient (Wildman–Crippen LogP) is 1.20. The SMILES string of the molecule is Cc1cc(C(=O)N(CC(=O)O)C2CCCC2)n(C)n1. The quantitative estimate of drug-likeness (QED) is 0.887. The van der Waals surface area contributed by atoms with Gasteiger partial charge in [-0.15, -0.1) is 0 Å². The lowest BCUT2D eigenvalue weighted by Crippen LogP contribution is -2.43. The highest BCUT2D eigenvalue weighted by molar-refractivity contribution is 5.94. The van der Waals surface area contributed by atoms with E-state index in [-0.39, 0.29) is 18.5 Å². The van der Waals surface area contributed by atoms with Crippen LogP contribution in [0, 0.1) is 6.92 Å². The Kier molecular flexibility index (Phi) is 3.87. The first-order valence-electron chi connectivity index (χ1n) is 6.52. The monoisotopic (exact) mass is 265 g/mol. The number of aliphatic carboxylic acids is 1. The van der Waals surface area contributed by atoms with Gasteiger partial charge < -0.3 is 10.0 Å². The normalized spacial score (nSPS) is 15.7. The fourth-order valence-electron chi connectivity index (χ4n) is 2.69. The summed E-state index contributed by atoms with van der Waals surface area (Å²) in [6.45, 7) is 1.57. The highest BCUT2D eigenvalue weighted by atomic mass is 16.4. The third-order valence-electron chi connectivity index (χ3n) is 3.55. The number of aryl methyl sites for hydroxylation is 2. The van der Waals surface area contributed by atoms with Crippen molar-refractivity contribution in [3.05, 3.63) is 17.5 Å². The molecule has 1 aliphatic carbocycles. The van der Waals surface area contributed by atoms with Crippen LogP contribution < -0.4 is 0 Å². The number of carbonyl (C=O) groups is 2. The van der Waals surface area contributed by atoms with Crippen molar-refractivity contribution in [2.75, 3.05) is 6.54 Å². The number of nitrogens with zero attached hydrogens (tertiary/aromatic N) is 3. The molecule has 0 atom stereocenters. The van der Waals surface area contributed by atoms with Crippen LogP contribution in [0.15, 0.2) is 6.07 Å². The van der Waals surface area contributed by atoms with Gasteiger partial charge in [0.25, 0.3) is 5.91 Å². The molecule has 0 aliphatic heterocycles. The van der Waals surface area contributed by atoms with Crippen molar-refractivity contribution in [1.82, 2.24) is 14.7 Å². The molecule has 1 amide bonds. The highest BCUT2D eigenvalue weighted by Gasteiger charge is 2.30. The fraction of sp³-hybridized carbons (Fsp3) is 0.615. The molecule has 19 heavy (non-hydrogen) atoms. The van der Waals surface area contributed by atoms with Crippen molar-refractivity contribution >= 4 is 11.9 Å². The van der Waals surface area contributed by atoms with E-state index in [9.17, 15) is 9.59 Å². The fourth-order valence-corrected chi connectivity index (χ4v) is 2.69. The number of carbonyl (C=O) groups excluding carboxylic acids is 1. The molecule has 1 aliphatic rings. The number of hydrogen-bond acceptors (Lipinski definition) is 3. The molecule has 1 heterocycles. The van der Waals surface area contributed by atoms with Gasteiger partial charge in [-0.05, 0) is 25.8 Å². The Hall–Kier alpha value is -1.85. The van der Waals surface area contributed by atoms with Gasteiger partial charge in [-0.3, -0.25) is 14.3 Å². The molecule has 0 aromatic carbocycles. The summed E-state index contributed by atoms with van der Waals surface area (Å²) in [6, 6.07) is 1.74. The summed E-state index contributed by atoms with van der Waals surface area (Å²) >= 11 is 0. The van der Waals surface area contributed by atoms with E-state index in [0.717, 1.165) is 31.4 Å². The summed E-state index contributed by atoms with van der Waals surface area (Å²) in [5.41, 5.74) is 1.21. The smallest absolute Gasteiger partial charge is 0.323 e. The summed E-state index contributed by atoms with van der Waals surface area (Å²) in [5, 5.41) is 13.1. The molecule has 0 saturated heterocycles. The molecule has 104 valence electrons. The average Bonchev–Trinajstić information content (AvgIpc) is 2.94. The van der Waals surface area contributed by atoms with E-state index in [2.05, 4.69) is 5.10 Å². The molecule has 1 aromatic heterocycles. The number of aromatic nitrogens is 2. The Morgan fingerprint density at radius 3 is 2.58 bits per heavy atom. The Morgan fingerprint density at radius 1 is 1.47 bits per heavy atom. The van der Waals surface area contributed by atoms with Crippen molar-refractivity contribution in [3.8, 4) is 0 Å². The largest absolute Gasteiger partial charge is 0.480 e. The summed E-state index contributed by atoms with van der Waals surface area (Å²) in [5.74, 6) is -1.21. The molecule has 0 spiro atoms. The summed E-state index contributed by atoms with van der Waals surface area (Å²) in [6.07, 6.45) is 3.88. The second kappa shape index (κ2) is 5.42. The molecule has 1 saturated carbocycles. The van der Waals surface area contributed by atoms with Crippen molar-refractivity contribution < 1.29 is 14.7 Å². The molecule has 0 bridgehead atoms. The van der Waals surface area contributed by atoms with Gasteiger partial charge in [0.1, 0.15) is 12.2 Å². The van der Waals surface area contributed by atoms with Crippen LogP contribution in [-0.2, 0) is 11.8 Å². The van der Waals surface area contributed by atoms with Gasteiger partial charge in [-0.25, -0.2) is 0 Å². The molecule has 6 heteroatoms. The first-order valence-corrected chi connectivity index (χ1v) is 6.52. The molecule has 6 nitrogen and oxygen atoms in total. The van der Waals surface area contributed by atoms with Crippen molar-refractivity contribution in [3.63, 3.8) is 0 Å². The number of amides is 1. The van der Waals surface area contributed by atoms with Gasteiger partial charge in [0.2, 0.25) is 0 Å². The number of rotatable bonds is 4. The van der Waals surface area contributed by atoms with E-state index >= 15 is 0 Å². The standard InChI is InChI=1S/C13H19N3O3/c1-9-7-11(15(2)14-9)13(19)16(8-12(17)18)10-5-3-4-6-10/h7,10H,3-6,8H2,1-2H3,(H,17,18). The maximum Gasteiger partial charge on any atom is 0.323 e. The third-order valence-corrected chi connectivity index (χ3v) is 3.55. The lowest BCUT2D eigenvalue weighted by atomic mass is 10.2. The molecular formula is C13H19N3O3. The van der Waals surface area contributed by atoms with E-state index < -0.39 is 5.97 Å². The number of carboxylic acid groups (broad SMARTS) is 1. The maximum absolute atomic E-state index is 12.5. The zero-order chi connectivity index (χ0) is 14.0. The molecule has 1 fully saturated rings. The molecule has 0 radical (unpaired) electrons. The maximum atomic E-state index is 12.5. The van der Waals surface area contributed by atoms with Gasteiger partial charge in [0.15, 0.2) is 0 Å². The van der Waals surface area contributed by atoms with Gasteiger partial charge >= 0.3 is 5.97 Å². The minimum Gasteiger partial charge on any atom is -0.480 e. The summed E-state index contributed by atoms with van der Waals surface area (Å²) < 4.78 is 1.52. The predicted molar refractivity (Wildman–Crippen MR) is 68.9 cm³/mol. The van der Waals surface area contributed by atoms with E-state index in [4.69, 9.17) is 5.11 Å². The van der Waals surface area contributed by atoms with Crippen LogP contribution in [0.5, 0.6) is 0 Å². The average molecular weight is 265 g/mol. The molecule has 1 aromatic rings. The first-order chi connectivity index (χ1) is 8.99. The van der Waals surface area contributed by atoms with Crippen LogP contribution in [0.3, 0.4) is 0 Å². The first kappa shape index (κ1) is 13.6. The lowest BCUT2D eigenvalue weighted by molar-refractivity contribution is -0.138. The molecule has 2 rings (SSSR count). The molecular weight excluding hydrogens is 246 g/mol. The Bertz CT molecular complexity index is 489. The number of hydrogen-bond donors (Lipinski definition) is 1. The molecule has 1 N–H and O–H groups in total. The topological polar surface area (TPSA) is 75.4 Å². The van der Waals surface area contributed by atoms with Crippen molar-refractivity contribution in [2.24, 2.45) is 7.05 Å². The highest BCUT2D eigenvalue weighted by Crippen LogP contribution is 2.24. The Balaban J connectivity index is 2.24. The van der Waals surface area contributed by atoms with Crippen LogP contribution in [0.25, 0.3) is 0 Å². The van der Waals surface area contributed by atoms with E-state index in [1.807, 2.05) is 6.92 Å². The Labute approximate surface area is 112 Å². The van der Waals surface area contributed by atoms with Gasteiger partial charge in [-0.1, -0.05) is 12.8 Å². The van der Waals surface area contributed by atoms with Crippen LogP contribution in [0.1, 0.15) is 41.9 Å². The Morgan fingerprint density at radius 2 is 2.11 bits per heavy atom. The zero-order valence-electron chi connectivity index (χ0n) is 11.3. The third kappa shape index (κ3) is 2.94. The minimum absolute atomic E-state index is 0.0406. The minimum atomic E-state index is -0.973. The van der Waals surface area contributed by atoms with Gasteiger partial charge in [-0.2, -0.15) is 5.10 Å². The molecule has 0 unspecified atom stereocenters. The second-order valence-corrected chi connectivity index (χ2v) is 5.06. The lowest BCUT2D eigenvalue weighted by Gasteiger charge is -2.27. The van der Waals surface area contributed by atoms with E-state index in [0.29, 0.717) is 5.69 Å². The van der Waals surface area contributed by atoms with E-state index in [1.54, 1.807) is 13.1 Å². The summed E-state index contributed by atoms with van der Waals surface area (Å²) in [7, 11) is 1.70. The van der Waals surface area contributed by atoms with Crippen molar-refractivity contribution in [2.45, 2.75) is 38.6 Å². The van der Waals surface area contributed by atoms with Gasteiger partial charge in [0.05, 0.1) is 5.69 Å². The second-order valence-electron chi connectivity index (χ2n) is 5.06. The van der Waals surface area contributed by atoms with Crippen LogP contribution >= 0.6 is 0 Å². The zero-order valence-corrected chi connectivity index (χ0v) is 11.3. The van der Waals surface area contributed by atoms with Crippen LogP contribution in [0.4, 0.5) is 0 Å². The van der Waals surface area contributed by atoms with Crippen molar-refractivity contribution in [1.29, 1.82) is 0 Å². The van der Waals surface area contributed by atoms with Gasteiger partial charge in [0, 0.05) is 13.1 Å².